The average molecular weight is 397 g/mol. The van der Waals surface area contributed by atoms with Crippen molar-refractivity contribution in [3.8, 4) is 0 Å². The van der Waals surface area contributed by atoms with Gasteiger partial charge in [0, 0.05) is 17.0 Å². The molecule has 138 valence electrons. The van der Waals surface area contributed by atoms with Crippen LogP contribution in [-0.2, 0) is 5.54 Å². The van der Waals surface area contributed by atoms with Crippen molar-refractivity contribution in [3.05, 3.63) is 59.1 Å². The molecule has 0 saturated heterocycles. The van der Waals surface area contributed by atoms with E-state index in [-0.39, 0.29) is 11.4 Å². The van der Waals surface area contributed by atoms with Gasteiger partial charge in [0.15, 0.2) is 5.17 Å². The number of amides is 1. The number of aliphatic imine (C=N–C) groups is 1. The lowest BCUT2D eigenvalue weighted by atomic mass is 9.81. The van der Waals surface area contributed by atoms with Crippen LogP contribution in [0.2, 0.25) is 0 Å². The van der Waals surface area contributed by atoms with Crippen molar-refractivity contribution in [2.45, 2.75) is 19.4 Å². The quantitative estimate of drug-likeness (QED) is 0.685. The minimum absolute atomic E-state index is 0.133. The van der Waals surface area contributed by atoms with Crippen LogP contribution in [0.25, 0.3) is 10.2 Å². The van der Waals surface area contributed by atoms with E-state index in [1.54, 1.807) is 28.6 Å². The molecule has 5 nitrogen and oxygen atoms in total. The number of amidine groups is 1. The van der Waals surface area contributed by atoms with Crippen molar-refractivity contribution < 1.29 is 4.79 Å². The van der Waals surface area contributed by atoms with E-state index in [2.05, 4.69) is 29.1 Å². The normalized spacial score (nSPS) is 22.4. The monoisotopic (exact) mass is 396 g/mol. The summed E-state index contributed by atoms with van der Waals surface area (Å²) in [4.78, 5) is 21.5. The number of thioether (sulfide) groups is 1. The molecule has 3 N–H and O–H groups in total. The molecule has 1 aliphatic rings. The highest BCUT2D eigenvalue weighted by Gasteiger charge is 2.36. The van der Waals surface area contributed by atoms with Crippen molar-refractivity contribution in [1.29, 1.82) is 0 Å². The van der Waals surface area contributed by atoms with Crippen molar-refractivity contribution in [3.63, 3.8) is 0 Å². The summed E-state index contributed by atoms with van der Waals surface area (Å²) in [7, 11) is 0. The molecule has 0 bridgehead atoms. The van der Waals surface area contributed by atoms with Gasteiger partial charge in [0.05, 0.1) is 21.3 Å². The van der Waals surface area contributed by atoms with Gasteiger partial charge in [-0.15, -0.1) is 11.3 Å². The molecule has 0 aliphatic carbocycles. The molecule has 2 atom stereocenters. The Balaban J connectivity index is 1.54. The molecule has 2 unspecified atom stereocenters. The molecular weight excluding hydrogens is 376 g/mol. The lowest BCUT2D eigenvalue weighted by Gasteiger charge is -2.36. The zero-order chi connectivity index (χ0) is 19.0. The topological polar surface area (TPSA) is 80.4 Å². The molecule has 27 heavy (non-hydrogen) atoms. The number of nitrogens with two attached hydrogens (primary N) is 1. The fourth-order valence-electron chi connectivity index (χ4n) is 3.19. The number of aromatic nitrogens is 1. The Bertz CT molecular complexity index is 1030. The van der Waals surface area contributed by atoms with Crippen LogP contribution in [0.4, 0.5) is 5.69 Å². The second kappa shape index (κ2) is 6.98. The first-order valence-electron chi connectivity index (χ1n) is 8.69. The molecule has 1 amide bonds. The minimum atomic E-state index is -0.360. The van der Waals surface area contributed by atoms with Gasteiger partial charge in [-0.1, -0.05) is 30.8 Å². The molecule has 0 radical (unpaired) electrons. The van der Waals surface area contributed by atoms with Gasteiger partial charge in [-0.05, 0) is 48.7 Å². The number of thiazole rings is 1. The average Bonchev–Trinajstić information content (AvgIpc) is 3.13. The van der Waals surface area contributed by atoms with E-state index in [0.717, 1.165) is 27.2 Å². The van der Waals surface area contributed by atoms with Crippen LogP contribution in [0.3, 0.4) is 0 Å². The number of nitrogens with one attached hydrogen (secondary N) is 1. The number of fused-ring (bicyclic) bond motifs is 1. The molecule has 4 rings (SSSR count). The summed E-state index contributed by atoms with van der Waals surface area (Å²) in [6.07, 6.45) is 0. The highest BCUT2D eigenvalue weighted by Crippen LogP contribution is 2.39. The summed E-state index contributed by atoms with van der Waals surface area (Å²) in [5.74, 6) is 1.17. The lowest BCUT2D eigenvalue weighted by molar-refractivity contribution is 0.102. The standard InChI is InChI=1S/C20H20N4OS2/c1-12-10-26-19(21)24-20(12,2)14-5-3-13(4-6-14)18(25)23-15-7-8-16-17(9-15)27-11-22-16/h3-9,11-12H,10H2,1-2H3,(H2,21,24)(H,23,25). The van der Waals surface area contributed by atoms with E-state index in [0.29, 0.717) is 16.6 Å². The Morgan fingerprint density at radius 3 is 2.81 bits per heavy atom. The minimum Gasteiger partial charge on any atom is -0.379 e. The Hall–Kier alpha value is -2.38. The van der Waals surface area contributed by atoms with Crippen molar-refractivity contribution in [2.24, 2.45) is 16.6 Å². The number of carbonyl (C=O) groups is 1. The summed E-state index contributed by atoms with van der Waals surface area (Å²) in [6, 6.07) is 13.4. The molecule has 1 aromatic heterocycles. The number of hydrogen-bond donors (Lipinski definition) is 2. The number of carbonyl (C=O) groups excluding carboxylic acids is 1. The van der Waals surface area contributed by atoms with Crippen molar-refractivity contribution in [1.82, 2.24) is 4.98 Å². The highest BCUT2D eigenvalue weighted by molar-refractivity contribution is 8.13. The van der Waals surface area contributed by atoms with Crippen LogP contribution >= 0.6 is 23.1 Å². The smallest absolute Gasteiger partial charge is 0.255 e. The van der Waals surface area contributed by atoms with Crippen molar-refractivity contribution >= 4 is 50.1 Å². The van der Waals surface area contributed by atoms with Gasteiger partial charge in [0.2, 0.25) is 0 Å². The van der Waals surface area contributed by atoms with Gasteiger partial charge in [0.1, 0.15) is 0 Å². The molecular formula is C20H20N4OS2. The van der Waals surface area contributed by atoms with Gasteiger partial charge in [-0.2, -0.15) is 0 Å². The predicted octanol–water partition coefficient (Wildman–Crippen LogP) is 4.46. The molecule has 0 spiro atoms. The zero-order valence-electron chi connectivity index (χ0n) is 15.1. The number of hydrogen-bond acceptors (Lipinski definition) is 6. The highest BCUT2D eigenvalue weighted by atomic mass is 32.2. The zero-order valence-corrected chi connectivity index (χ0v) is 16.7. The first-order chi connectivity index (χ1) is 13.0. The maximum atomic E-state index is 12.6. The Morgan fingerprint density at radius 1 is 1.26 bits per heavy atom. The molecule has 3 aromatic rings. The summed E-state index contributed by atoms with van der Waals surface area (Å²) in [5.41, 5.74) is 10.8. The van der Waals surface area contributed by atoms with E-state index in [1.165, 1.54) is 0 Å². The predicted molar refractivity (Wildman–Crippen MR) is 115 cm³/mol. The van der Waals surface area contributed by atoms with Crippen LogP contribution in [0.1, 0.15) is 29.8 Å². The van der Waals surface area contributed by atoms with Gasteiger partial charge in [0.25, 0.3) is 5.91 Å². The second-order valence-electron chi connectivity index (χ2n) is 6.88. The second-order valence-corrected chi connectivity index (χ2v) is 8.80. The number of rotatable bonds is 3. The Labute approximate surface area is 166 Å². The number of nitrogens with zero attached hydrogens (tertiary/aromatic N) is 2. The fourth-order valence-corrected chi connectivity index (χ4v) is 4.90. The third-order valence-corrected chi connectivity index (χ3v) is 6.95. The number of benzene rings is 2. The Morgan fingerprint density at radius 2 is 2.04 bits per heavy atom. The summed E-state index contributed by atoms with van der Waals surface area (Å²) >= 11 is 3.15. The molecule has 1 aliphatic heterocycles. The van der Waals surface area contributed by atoms with Crippen LogP contribution < -0.4 is 11.1 Å². The summed E-state index contributed by atoms with van der Waals surface area (Å²) in [6.45, 7) is 4.28. The third-order valence-electron chi connectivity index (χ3n) is 5.10. The van der Waals surface area contributed by atoms with E-state index < -0.39 is 0 Å². The summed E-state index contributed by atoms with van der Waals surface area (Å²) in [5, 5.41) is 3.57. The molecule has 0 saturated carbocycles. The van der Waals surface area contributed by atoms with E-state index in [9.17, 15) is 4.79 Å². The molecule has 7 heteroatoms. The first-order valence-corrected chi connectivity index (χ1v) is 10.6. The molecule has 2 aromatic carbocycles. The lowest BCUT2D eigenvalue weighted by Crippen LogP contribution is -2.36. The molecule has 2 heterocycles. The third kappa shape index (κ3) is 3.44. The van der Waals surface area contributed by atoms with Crippen LogP contribution in [0.5, 0.6) is 0 Å². The maximum absolute atomic E-state index is 12.6. The molecule has 0 fully saturated rings. The van der Waals surface area contributed by atoms with Gasteiger partial charge >= 0.3 is 0 Å². The maximum Gasteiger partial charge on any atom is 0.255 e. The fraction of sp³-hybridized carbons (Fsp3) is 0.250. The SMILES string of the molecule is CC1CSC(N)=NC1(C)c1ccc(C(=O)Nc2ccc3ncsc3c2)cc1. The van der Waals surface area contributed by atoms with E-state index in [1.807, 2.05) is 42.5 Å². The van der Waals surface area contributed by atoms with Gasteiger partial charge < -0.3 is 11.1 Å². The van der Waals surface area contributed by atoms with Gasteiger partial charge in [-0.25, -0.2) is 4.98 Å². The van der Waals surface area contributed by atoms with Gasteiger partial charge in [-0.3, -0.25) is 9.79 Å². The number of anilines is 1. The van der Waals surface area contributed by atoms with Crippen LogP contribution in [0, 0.1) is 5.92 Å². The van der Waals surface area contributed by atoms with Crippen molar-refractivity contribution in [2.75, 3.05) is 11.1 Å². The Kier molecular flexibility index (Phi) is 4.65. The first kappa shape index (κ1) is 18.0. The van der Waals surface area contributed by atoms with E-state index in [4.69, 9.17) is 5.73 Å². The van der Waals surface area contributed by atoms with Crippen LogP contribution in [0.15, 0.2) is 53.0 Å². The largest absolute Gasteiger partial charge is 0.379 e. The van der Waals surface area contributed by atoms with Crippen LogP contribution in [-0.4, -0.2) is 21.8 Å². The summed E-state index contributed by atoms with van der Waals surface area (Å²) < 4.78 is 1.05. The van der Waals surface area contributed by atoms with E-state index >= 15 is 0 Å².